The van der Waals surface area contributed by atoms with Gasteiger partial charge in [-0.05, 0) is 27.2 Å². The molecule has 0 aromatic rings. The third-order valence-electron chi connectivity index (χ3n) is 6.15. The molecular weight excluding hydrogens is 484 g/mol. The Morgan fingerprint density at radius 3 is 2.36 bits per heavy atom. The van der Waals surface area contributed by atoms with Crippen LogP contribution in [0.15, 0.2) is 0 Å². The molecule has 0 saturated carbocycles. The number of nitrogens with one attached hydrogen (secondary N) is 1. The van der Waals surface area contributed by atoms with Gasteiger partial charge in [-0.25, -0.2) is 4.79 Å². The van der Waals surface area contributed by atoms with E-state index in [0.717, 1.165) is 4.90 Å². The van der Waals surface area contributed by atoms with Crippen LogP contribution < -0.4 is 5.32 Å². The van der Waals surface area contributed by atoms with Gasteiger partial charge in [-0.15, -0.1) is 0 Å². The molecule has 2 amide bonds. The lowest BCUT2D eigenvalue weighted by Gasteiger charge is -2.40. The highest BCUT2D eigenvalue weighted by atomic mass is 16.7. The van der Waals surface area contributed by atoms with Gasteiger partial charge in [-0.2, -0.15) is 0 Å². The molecule has 0 aromatic carbocycles. The monoisotopic (exact) mass is 520 g/mol. The first-order valence-corrected chi connectivity index (χ1v) is 11.9. The Morgan fingerprint density at radius 2 is 1.75 bits per heavy atom. The summed E-state index contributed by atoms with van der Waals surface area (Å²) in [7, 11) is 0. The van der Waals surface area contributed by atoms with E-state index in [1.165, 1.54) is 13.8 Å². The fourth-order valence-corrected chi connectivity index (χ4v) is 4.14. The second-order valence-corrected chi connectivity index (χ2v) is 8.96. The number of amides is 2. The molecular formula is C22H36N2O12. The zero-order chi connectivity index (χ0) is 27.2. The van der Waals surface area contributed by atoms with E-state index < -0.39 is 78.8 Å². The molecule has 0 radical (unpaired) electrons. The third kappa shape index (κ3) is 7.57. The molecule has 0 spiro atoms. The van der Waals surface area contributed by atoms with Gasteiger partial charge in [-0.3, -0.25) is 14.4 Å². The van der Waals surface area contributed by atoms with Crippen LogP contribution in [0, 0.1) is 0 Å². The molecule has 2 aliphatic heterocycles. The fraction of sp³-hybridized carbons (Fsp3) is 0.818. The number of nitrogens with zero attached hydrogens (tertiary/aromatic N) is 1. The molecule has 6 N–H and O–H groups in total. The van der Waals surface area contributed by atoms with E-state index in [-0.39, 0.29) is 38.8 Å². The number of carbonyl (C=O) groups is 4. The second kappa shape index (κ2) is 13.3. The maximum Gasteiger partial charge on any atom is 0.331 e. The lowest BCUT2D eigenvalue weighted by atomic mass is 10.00. The van der Waals surface area contributed by atoms with E-state index >= 15 is 0 Å². The molecule has 0 aromatic heterocycles. The lowest BCUT2D eigenvalue weighted by Crippen LogP contribution is -2.60. The van der Waals surface area contributed by atoms with Crippen molar-refractivity contribution < 1.29 is 58.9 Å². The Balaban J connectivity index is 2.12. The standard InChI is InChI=1S/C22H36N2O12/c1-4-34-21(33)16(10(2)35-22-19(31)18(30)17(29)11(3)36-22)23-20(32)13-8-12(25)9-24(13)14(26)6-5-7-15(27)28/h10-13,16-19,22,25,29-31H,4-9H2,1-3H3,(H,23,32)(H,27,28)/t10-,11+,12-,13+,16+,17-,18?,19?,22+/m1/s1. The van der Waals surface area contributed by atoms with Gasteiger partial charge in [0.15, 0.2) is 12.3 Å². The SMILES string of the molecule is CCOC(=O)[C@@H](NC(=O)[C@@H]1C[C@@H](O)CN1C(=O)CCCC(=O)O)[C@@H](C)O[C@H]1O[C@@H](C)[C@@H](O)C(O)C1O. The number of aliphatic carboxylic acids is 1. The van der Waals surface area contributed by atoms with E-state index in [2.05, 4.69) is 5.32 Å². The van der Waals surface area contributed by atoms with Crippen molar-refractivity contribution in [2.45, 2.75) is 101 Å². The number of carboxylic acids is 1. The molecule has 0 bridgehead atoms. The largest absolute Gasteiger partial charge is 0.481 e. The summed E-state index contributed by atoms with van der Waals surface area (Å²) >= 11 is 0. The van der Waals surface area contributed by atoms with Crippen LogP contribution in [-0.2, 0) is 33.4 Å². The summed E-state index contributed by atoms with van der Waals surface area (Å²) in [5, 5.41) is 51.4. The number of ether oxygens (including phenoxy) is 3. The summed E-state index contributed by atoms with van der Waals surface area (Å²) < 4.78 is 16.0. The number of carboxylic acid groups (broad SMARTS) is 1. The van der Waals surface area contributed by atoms with Gasteiger partial charge >= 0.3 is 11.9 Å². The number of esters is 1. The van der Waals surface area contributed by atoms with Crippen molar-refractivity contribution >= 4 is 23.8 Å². The van der Waals surface area contributed by atoms with Gasteiger partial charge in [0.05, 0.1) is 24.9 Å². The smallest absolute Gasteiger partial charge is 0.331 e. The van der Waals surface area contributed by atoms with Crippen LogP contribution in [0.5, 0.6) is 0 Å². The normalized spacial score (nSPS) is 32.0. The van der Waals surface area contributed by atoms with E-state index in [1.54, 1.807) is 6.92 Å². The minimum atomic E-state index is -1.64. The zero-order valence-corrected chi connectivity index (χ0v) is 20.5. The summed E-state index contributed by atoms with van der Waals surface area (Å²) in [5.41, 5.74) is 0. The molecule has 2 saturated heterocycles. The summed E-state index contributed by atoms with van der Waals surface area (Å²) in [6.45, 7) is 4.27. The Kier molecular flexibility index (Phi) is 11.0. The predicted octanol–water partition coefficient (Wildman–Crippen LogP) is -2.52. The molecule has 36 heavy (non-hydrogen) atoms. The second-order valence-electron chi connectivity index (χ2n) is 8.96. The van der Waals surface area contributed by atoms with E-state index in [0.29, 0.717) is 0 Å². The number of carbonyl (C=O) groups excluding carboxylic acids is 3. The van der Waals surface area contributed by atoms with Crippen LogP contribution in [-0.4, -0.2) is 122 Å². The number of rotatable bonds is 11. The molecule has 2 aliphatic rings. The molecule has 9 atom stereocenters. The van der Waals surface area contributed by atoms with Gasteiger partial charge in [0.2, 0.25) is 11.8 Å². The van der Waals surface area contributed by atoms with Crippen LogP contribution >= 0.6 is 0 Å². The zero-order valence-electron chi connectivity index (χ0n) is 20.5. The number of aliphatic hydroxyl groups is 4. The molecule has 2 rings (SSSR count). The van der Waals surface area contributed by atoms with Gasteiger partial charge < -0.3 is 50.0 Å². The summed E-state index contributed by atoms with van der Waals surface area (Å²) in [4.78, 5) is 50.1. The topological polar surface area (TPSA) is 212 Å². The lowest BCUT2D eigenvalue weighted by molar-refractivity contribution is -0.304. The average molecular weight is 521 g/mol. The van der Waals surface area contributed by atoms with Crippen molar-refractivity contribution in [3.8, 4) is 0 Å². The Bertz CT molecular complexity index is 795. The minimum Gasteiger partial charge on any atom is -0.481 e. The fourth-order valence-electron chi connectivity index (χ4n) is 4.14. The molecule has 206 valence electrons. The van der Waals surface area contributed by atoms with Crippen molar-refractivity contribution in [3.63, 3.8) is 0 Å². The maximum absolute atomic E-state index is 13.1. The number of aliphatic hydroxyl groups excluding tert-OH is 4. The summed E-state index contributed by atoms with van der Waals surface area (Å²) in [5.74, 6) is -3.20. The highest BCUT2D eigenvalue weighted by molar-refractivity contribution is 5.91. The highest BCUT2D eigenvalue weighted by Crippen LogP contribution is 2.24. The predicted molar refractivity (Wildman–Crippen MR) is 119 cm³/mol. The first kappa shape index (κ1) is 29.9. The van der Waals surface area contributed by atoms with E-state index in [4.69, 9.17) is 19.3 Å². The van der Waals surface area contributed by atoms with Gasteiger partial charge in [0.1, 0.15) is 24.4 Å². The van der Waals surface area contributed by atoms with Crippen molar-refractivity contribution in [2.24, 2.45) is 0 Å². The van der Waals surface area contributed by atoms with Crippen LogP contribution in [0.25, 0.3) is 0 Å². The number of hydrogen-bond acceptors (Lipinski definition) is 11. The summed E-state index contributed by atoms with van der Waals surface area (Å²) in [6.07, 6.45) is -9.40. The molecule has 2 heterocycles. The maximum atomic E-state index is 13.1. The molecule has 14 nitrogen and oxygen atoms in total. The first-order chi connectivity index (χ1) is 16.9. The molecule has 2 fully saturated rings. The average Bonchev–Trinajstić information content (AvgIpc) is 3.21. The van der Waals surface area contributed by atoms with E-state index in [1.807, 2.05) is 0 Å². The van der Waals surface area contributed by atoms with Crippen LogP contribution in [0.4, 0.5) is 0 Å². The van der Waals surface area contributed by atoms with Crippen molar-refractivity contribution in [3.05, 3.63) is 0 Å². The van der Waals surface area contributed by atoms with Crippen LogP contribution in [0.2, 0.25) is 0 Å². The van der Waals surface area contributed by atoms with Crippen LogP contribution in [0.1, 0.15) is 46.5 Å². The molecule has 14 heteroatoms. The third-order valence-corrected chi connectivity index (χ3v) is 6.15. The number of hydrogen-bond donors (Lipinski definition) is 6. The highest BCUT2D eigenvalue weighted by Gasteiger charge is 2.45. The van der Waals surface area contributed by atoms with Crippen LogP contribution in [0.3, 0.4) is 0 Å². The van der Waals surface area contributed by atoms with Gasteiger partial charge in [-0.1, -0.05) is 0 Å². The van der Waals surface area contributed by atoms with Crippen molar-refractivity contribution in [2.75, 3.05) is 13.2 Å². The molecule has 0 aliphatic carbocycles. The Hall–Kier alpha value is -2.36. The first-order valence-electron chi connectivity index (χ1n) is 11.9. The number of likely N-dealkylation sites (tertiary alicyclic amines) is 1. The van der Waals surface area contributed by atoms with Crippen molar-refractivity contribution in [1.29, 1.82) is 0 Å². The molecule has 2 unspecified atom stereocenters. The summed E-state index contributed by atoms with van der Waals surface area (Å²) in [6, 6.07) is -2.52. The van der Waals surface area contributed by atoms with Gasteiger partial charge in [0.25, 0.3) is 0 Å². The van der Waals surface area contributed by atoms with Crippen molar-refractivity contribution in [1.82, 2.24) is 10.2 Å². The Morgan fingerprint density at radius 1 is 1.08 bits per heavy atom. The van der Waals surface area contributed by atoms with E-state index in [9.17, 15) is 39.6 Å². The quantitative estimate of drug-likeness (QED) is 0.156. The number of β-amino-alcohol motifs (C(OH)–C–C–N with tert-alkyl or cyclic N) is 1. The Labute approximate surface area is 208 Å². The van der Waals surface area contributed by atoms with Gasteiger partial charge in [0, 0.05) is 25.8 Å². The minimum absolute atomic E-state index is 0.0151.